The first-order valence-corrected chi connectivity index (χ1v) is 8.77. The number of carbonyl (C=O) groups excluding carboxylic acids is 2. The highest BCUT2D eigenvalue weighted by atomic mass is 32.2. The molecule has 0 N–H and O–H groups in total. The number of hydrogen-bond donors (Lipinski definition) is 0. The van der Waals surface area contributed by atoms with Crippen LogP contribution in [-0.4, -0.2) is 38.7 Å². The van der Waals surface area contributed by atoms with Crippen molar-refractivity contribution in [2.75, 3.05) is 31.9 Å². The molecule has 0 atom stereocenters. The lowest BCUT2D eigenvalue weighted by Crippen LogP contribution is -2.27. The number of hydrogen-bond acceptors (Lipinski definition) is 5. The quantitative estimate of drug-likeness (QED) is 0.543. The van der Waals surface area contributed by atoms with Crippen LogP contribution < -0.4 is 14.4 Å². The molecule has 0 unspecified atom stereocenters. The highest BCUT2D eigenvalue weighted by molar-refractivity contribution is 8.00. The Kier molecular flexibility index (Phi) is 6.63. The summed E-state index contributed by atoms with van der Waals surface area (Å²) in [6.07, 6.45) is 0. The molecule has 0 aliphatic rings. The predicted molar refractivity (Wildman–Crippen MR) is 100 cm³/mol. The van der Waals surface area contributed by atoms with Gasteiger partial charge >= 0.3 is 0 Å². The molecule has 0 radical (unpaired) electrons. The molecule has 0 saturated carbocycles. The maximum absolute atomic E-state index is 14.0. The topological polar surface area (TPSA) is 55.8 Å². The van der Waals surface area contributed by atoms with Gasteiger partial charge in [-0.1, -0.05) is 6.07 Å². The first-order chi connectivity index (χ1) is 12.4. The van der Waals surface area contributed by atoms with E-state index in [4.69, 9.17) is 9.47 Å². The van der Waals surface area contributed by atoms with E-state index in [-0.39, 0.29) is 17.4 Å². The van der Waals surface area contributed by atoms with Crippen molar-refractivity contribution in [1.82, 2.24) is 0 Å². The number of methoxy groups -OCH3 is 2. The fourth-order valence-electron chi connectivity index (χ4n) is 2.25. The van der Waals surface area contributed by atoms with E-state index in [9.17, 15) is 14.0 Å². The highest BCUT2D eigenvalue weighted by Crippen LogP contribution is 2.31. The van der Waals surface area contributed by atoms with Crippen LogP contribution >= 0.6 is 11.8 Å². The van der Waals surface area contributed by atoms with E-state index in [2.05, 4.69) is 0 Å². The molecule has 1 amide bonds. The Bertz CT molecular complexity index is 825. The molecule has 0 saturated heterocycles. The molecule has 2 aromatic carbocycles. The maximum atomic E-state index is 14.0. The Labute approximate surface area is 156 Å². The molecule has 0 spiro atoms. The average Bonchev–Trinajstić information content (AvgIpc) is 2.65. The van der Waals surface area contributed by atoms with Gasteiger partial charge in [-0.3, -0.25) is 9.59 Å². The van der Waals surface area contributed by atoms with Gasteiger partial charge in [-0.15, -0.1) is 11.8 Å². The van der Waals surface area contributed by atoms with Gasteiger partial charge in [0.25, 0.3) is 0 Å². The van der Waals surface area contributed by atoms with Gasteiger partial charge in [0.2, 0.25) is 5.91 Å². The molecule has 0 bridgehead atoms. The van der Waals surface area contributed by atoms with E-state index in [1.54, 1.807) is 31.3 Å². The summed E-state index contributed by atoms with van der Waals surface area (Å²) in [5.41, 5.74) is 0.946. The zero-order chi connectivity index (χ0) is 19.3. The van der Waals surface area contributed by atoms with Crippen LogP contribution in [0, 0.1) is 5.82 Å². The lowest BCUT2D eigenvalue weighted by atomic mass is 10.1. The van der Waals surface area contributed by atoms with Gasteiger partial charge in [0, 0.05) is 29.3 Å². The summed E-state index contributed by atoms with van der Waals surface area (Å²) in [5, 5.41) is 0. The monoisotopic (exact) mass is 377 g/mol. The minimum atomic E-state index is -0.510. The molecular formula is C19H20FNO4S. The number of carbonyl (C=O) groups is 2. The largest absolute Gasteiger partial charge is 0.493 e. The van der Waals surface area contributed by atoms with Crippen LogP contribution in [0.2, 0.25) is 0 Å². The number of ether oxygens (including phenoxy) is 2. The predicted octanol–water partition coefficient (Wildman–Crippen LogP) is 3.80. The van der Waals surface area contributed by atoms with Gasteiger partial charge in [0.1, 0.15) is 5.82 Å². The molecule has 7 heteroatoms. The molecule has 26 heavy (non-hydrogen) atoms. The zero-order valence-electron chi connectivity index (χ0n) is 15.0. The van der Waals surface area contributed by atoms with E-state index in [1.807, 2.05) is 0 Å². The lowest BCUT2D eigenvalue weighted by Gasteiger charge is -2.19. The summed E-state index contributed by atoms with van der Waals surface area (Å²) in [7, 11) is 4.70. The fraction of sp³-hybridized carbons (Fsp3) is 0.263. The van der Waals surface area contributed by atoms with Crippen molar-refractivity contribution in [1.29, 1.82) is 0 Å². The van der Waals surface area contributed by atoms with Crippen molar-refractivity contribution in [3.05, 3.63) is 47.8 Å². The molecule has 5 nitrogen and oxygen atoms in total. The van der Waals surface area contributed by atoms with Crippen molar-refractivity contribution in [2.24, 2.45) is 0 Å². The number of benzene rings is 2. The summed E-state index contributed by atoms with van der Waals surface area (Å²) in [6, 6.07) is 9.41. The van der Waals surface area contributed by atoms with Crippen LogP contribution in [0.15, 0.2) is 41.3 Å². The van der Waals surface area contributed by atoms with Crippen LogP contribution in [0.4, 0.5) is 10.1 Å². The summed E-state index contributed by atoms with van der Waals surface area (Å²) in [5.74, 6) is 0.231. The summed E-state index contributed by atoms with van der Waals surface area (Å²) in [6.45, 7) is 1.38. The van der Waals surface area contributed by atoms with Crippen LogP contribution in [0.1, 0.15) is 17.3 Å². The standard InChI is InChI=1S/C19H20FNO4S/c1-12(22)13-5-8-18(15(20)9-13)26-11-19(23)21(2)14-6-7-16(24-3)17(10-14)25-4/h5-10H,11H2,1-4H3. The van der Waals surface area contributed by atoms with E-state index >= 15 is 0 Å². The van der Waals surface area contributed by atoms with Crippen LogP contribution in [0.5, 0.6) is 11.5 Å². The molecule has 0 aromatic heterocycles. The van der Waals surface area contributed by atoms with E-state index in [0.717, 1.165) is 11.8 Å². The van der Waals surface area contributed by atoms with Crippen molar-refractivity contribution in [3.8, 4) is 11.5 Å². The molecule has 138 valence electrons. The highest BCUT2D eigenvalue weighted by Gasteiger charge is 2.15. The second-order valence-electron chi connectivity index (χ2n) is 5.48. The number of anilines is 1. The normalized spacial score (nSPS) is 10.3. The third kappa shape index (κ3) is 4.54. The minimum absolute atomic E-state index is 0.0567. The Morgan fingerprint density at radius 1 is 1.08 bits per heavy atom. The maximum Gasteiger partial charge on any atom is 0.237 e. The fourth-order valence-corrected chi connectivity index (χ4v) is 3.08. The summed E-state index contributed by atoms with van der Waals surface area (Å²) >= 11 is 1.08. The smallest absolute Gasteiger partial charge is 0.237 e. The van der Waals surface area contributed by atoms with Gasteiger partial charge in [-0.25, -0.2) is 4.39 Å². The van der Waals surface area contributed by atoms with Crippen molar-refractivity contribution < 1.29 is 23.5 Å². The molecule has 2 aromatic rings. The molecule has 0 aliphatic heterocycles. The first kappa shape index (κ1) is 19.8. The molecule has 0 aliphatic carbocycles. The summed E-state index contributed by atoms with van der Waals surface area (Å²) in [4.78, 5) is 25.5. The van der Waals surface area contributed by atoms with Gasteiger partial charge < -0.3 is 14.4 Å². The number of rotatable bonds is 7. The van der Waals surface area contributed by atoms with E-state index < -0.39 is 5.82 Å². The van der Waals surface area contributed by atoms with Crippen molar-refractivity contribution >= 4 is 29.1 Å². The first-order valence-electron chi connectivity index (χ1n) is 7.79. The van der Waals surface area contributed by atoms with Crippen molar-refractivity contribution in [2.45, 2.75) is 11.8 Å². The summed E-state index contributed by atoms with van der Waals surface area (Å²) < 4.78 is 24.5. The average molecular weight is 377 g/mol. The van der Waals surface area contributed by atoms with Crippen LogP contribution in [-0.2, 0) is 4.79 Å². The second kappa shape index (κ2) is 8.71. The molecular weight excluding hydrogens is 357 g/mol. The minimum Gasteiger partial charge on any atom is -0.493 e. The third-order valence-corrected chi connectivity index (χ3v) is 4.85. The number of halogens is 1. The van der Waals surface area contributed by atoms with Gasteiger partial charge in [-0.05, 0) is 31.2 Å². The zero-order valence-corrected chi connectivity index (χ0v) is 15.9. The number of Topliss-reactive ketones (excluding diaryl/α,β-unsaturated/α-hetero) is 1. The Hall–Kier alpha value is -2.54. The van der Waals surface area contributed by atoms with Crippen molar-refractivity contribution in [3.63, 3.8) is 0 Å². The number of thioether (sulfide) groups is 1. The lowest BCUT2D eigenvalue weighted by molar-refractivity contribution is -0.115. The van der Waals surface area contributed by atoms with Gasteiger partial charge in [0.15, 0.2) is 17.3 Å². The SMILES string of the molecule is COc1ccc(N(C)C(=O)CSc2ccc(C(C)=O)cc2F)cc1OC. The number of amides is 1. The van der Waals surface area contributed by atoms with Gasteiger partial charge in [-0.2, -0.15) is 0 Å². The van der Waals surface area contributed by atoms with Gasteiger partial charge in [0.05, 0.1) is 20.0 Å². The van der Waals surface area contributed by atoms with E-state index in [0.29, 0.717) is 27.6 Å². The number of nitrogens with zero attached hydrogens (tertiary/aromatic N) is 1. The Balaban J connectivity index is 2.07. The van der Waals surface area contributed by atoms with Crippen LogP contribution in [0.3, 0.4) is 0 Å². The Morgan fingerprint density at radius 2 is 1.77 bits per heavy atom. The van der Waals surface area contributed by atoms with E-state index in [1.165, 1.54) is 38.2 Å². The third-order valence-electron chi connectivity index (χ3n) is 3.82. The molecule has 0 fully saturated rings. The molecule has 0 heterocycles. The Morgan fingerprint density at radius 3 is 2.35 bits per heavy atom. The number of ketones is 1. The second-order valence-corrected chi connectivity index (χ2v) is 6.50. The molecule has 2 rings (SSSR count). The van der Waals surface area contributed by atoms with Crippen LogP contribution in [0.25, 0.3) is 0 Å².